The SMILES string of the molecule is CC(C)(C)OC(=O)N1CCN(C(=O)OCc2ccccc2)C(C)(C(=O)OCC#N)C1. The number of nitriles is 1. The van der Waals surface area contributed by atoms with Crippen LogP contribution in [0.3, 0.4) is 0 Å². The van der Waals surface area contributed by atoms with Gasteiger partial charge < -0.3 is 19.1 Å². The van der Waals surface area contributed by atoms with Gasteiger partial charge in [0.2, 0.25) is 0 Å². The molecule has 162 valence electrons. The van der Waals surface area contributed by atoms with Crippen LogP contribution in [0, 0.1) is 11.3 Å². The number of benzene rings is 1. The first-order chi connectivity index (χ1) is 14.1. The number of esters is 1. The monoisotopic (exact) mass is 417 g/mol. The average molecular weight is 417 g/mol. The number of nitrogens with zero attached hydrogens (tertiary/aromatic N) is 3. The second-order valence-corrected chi connectivity index (χ2v) is 8.10. The second-order valence-electron chi connectivity index (χ2n) is 8.10. The lowest BCUT2D eigenvalue weighted by Crippen LogP contribution is -2.67. The Morgan fingerprint density at radius 1 is 1.10 bits per heavy atom. The molecule has 1 unspecified atom stereocenters. The fourth-order valence-corrected chi connectivity index (χ4v) is 3.00. The van der Waals surface area contributed by atoms with Crippen LogP contribution in [-0.2, 0) is 25.6 Å². The first-order valence-electron chi connectivity index (χ1n) is 9.57. The molecule has 0 bridgehead atoms. The van der Waals surface area contributed by atoms with Gasteiger partial charge in [-0.1, -0.05) is 30.3 Å². The summed E-state index contributed by atoms with van der Waals surface area (Å²) in [5.74, 6) is -0.797. The summed E-state index contributed by atoms with van der Waals surface area (Å²) in [4.78, 5) is 40.6. The molecule has 1 saturated heterocycles. The van der Waals surface area contributed by atoms with E-state index in [4.69, 9.17) is 19.5 Å². The Labute approximate surface area is 176 Å². The minimum absolute atomic E-state index is 0.0370. The molecule has 0 N–H and O–H groups in total. The highest BCUT2D eigenvalue weighted by molar-refractivity contribution is 5.87. The maximum Gasteiger partial charge on any atom is 0.411 e. The normalized spacial score (nSPS) is 18.9. The van der Waals surface area contributed by atoms with Crippen LogP contribution in [-0.4, -0.2) is 65.3 Å². The lowest BCUT2D eigenvalue weighted by Gasteiger charge is -2.45. The Balaban J connectivity index is 2.17. The number of hydrogen-bond acceptors (Lipinski definition) is 7. The number of piperazine rings is 1. The lowest BCUT2D eigenvalue weighted by molar-refractivity contribution is -0.158. The molecule has 1 fully saturated rings. The van der Waals surface area contributed by atoms with Gasteiger partial charge >= 0.3 is 18.2 Å². The molecule has 9 nitrogen and oxygen atoms in total. The van der Waals surface area contributed by atoms with Crippen LogP contribution < -0.4 is 0 Å². The van der Waals surface area contributed by atoms with Crippen molar-refractivity contribution in [1.29, 1.82) is 5.26 Å². The van der Waals surface area contributed by atoms with Gasteiger partial charge in [0.25, 0.3) is 0 Å². The predicted octanol–water partition coefficient (Wildman–Crippen LogP) is 2.70. The highest BCUT2D eigenvalue weighted by atomic mass is 16.6. The summed E-state index contributed by atoms with van der Waals surface area (Å²) >= 11 is 0. The molecule has 30 heavy (non-hydrogen) atoms. The summed E-state index contributed by atoms with van der Waals surface area (Å²) < 4.78 is 15.7. The van der Waals surface area contributed by atoms with E-state index in [2.05, 4.69) is 0 Å². The van der Waals surface area contributed by atoms with Crippen LogP contribution in [0.1, 0.15) is 33.3 Å². The number of ether oxygens (including phenoxy) is 3. The van der Waals surface area contributed by atoms with E-state index >= 15 is 0 Å². The van der Waals surface area contributed by atoms with Crippen molar-refractivity contribution in [3.63, 3.8) is 0 Å². The third kappa shape index (κ3) is 5.86. The zero-order valence-electron chi connectivity index (χ0n) is 17.7. The van der Waals surface area contributed by atoms with Gasteiger partial charge in [0.15, 0.2) is 12.1 Å². The Hall–Kier alpha value is -3.28. The van der Waals surface area contributed by atoms with Crippen molar-refractivity contribution >= 4 is 18.2 Å². The highest BCUT2D eigenvalue weighted by Gasteiger charge is 2.50. The molecule has 1 aromatic carbocycles. The highest BCUT2D eigenvalue weighted by Crippen LogP contribution is 2.26. The summed E-state index contributed by atoms with van der Waals surface area (Å²) in [6.07, 6.45) is -1.31. The summed E-state index contributed by atoms with van der Waals surface area (Å²) in [7, 11) is 0. The Morgan fingerprint density at radius 2 is 1.77 bits per heavy atom. The predicted molar refractivity (Wildman–Crippen MR) is 106 cm³/mol. The molecular formula is C21H27N3O6. The third-order valence-electron chi connectivity index (χ3n) is 4.47. The molecule has 0 saturated carbocycles. The Morgan fingerprint density at radius 3 is 2.37 bits per heavy atom. The van der Waals surface area contributed by atoms with E-state index in [0.717, 1.165) is 5.56 Å². The second kappa shape index (κ2) is 9.48. The molecule has 1 atom stereocenters. The average Bonchev–Trinajstić information content (AvgIpc) is 2.69. The largest absolute Gasteiger partial charge is 0.448 e. The number of rotatable bonds is 4. The van der Waals surface area contributed by atoms with Crippen LogP contribution in [0.5, 0.6) is 0 Å². The van der Waals surface area contributed by atoms with Gasteiger partial charge in [0.1, 0.15) is 18.3 Å². The smallest absolute Gasteiger partial charge is 0.411 e. The van der Waals surface area contributed by atoms with Gasteiger partial charge in [-0.05, 0) is 33.3 Å². The van der Waals surface area contributed by atoms with Crippen molar-refractivity contribution < 1.29 is 28.6 Å². The van der Waals surface area contributed by atoms with Crippen LogP contribution in [0.4, 0.5) is 9.59 Å². The van der Waals surface area contributed by atoms with Crippen LogP contribution >= 0.6 is 0 Å². The summed E-state index contributed by atoms with van der Waals surface area (Å²) in [6, 6.07) is 10.9. The quantitative estimate of drug-likeness (QED) is 0.547. The fraction of sp³-hybridized carbons (Fsp3) is 0.524. The maximum absolute atomic E-state index is 12.8. The molecule has 2 rings (SSSR count). The van der Waals surface area contributed by atoms with E-state index in [0.29, 0.717) is 0 Å². The van der Waals surface area contributed by atoms with Gasteiger partial charge in [-0.15, -0.1) is 0 Å². The van der Waals surface area contributed by atoms with E-state index in [1.54, 1.807) is 26.8 Å². The molecule has 1 aliphatic rings. The molecule has 1 aromatic rings. The van der Waals surface area contributed by atoms with E-state index < -0.39 is 35.9 Å². The van der Waals surface area contributed by atoms with Crippen LogP contribution in [0.2, 0.25) is 0 Å². The van der Waals surface area contributed by atoms with E-state index in [9.17, 15) is 14.4 Å². The standard InChI is InChI=1S/C21H27N3O6/c1-20(2,3)30-18(26)23-11-12-24(21(4,15-23)17(25)28-13-10-22)19(27)29-14-16-8-6-5-7-9-16/h5-9H,11-15H2,1-4H3. The first kappa shape index (κ1) is 23.0. The van der Waals surface area contributed by atoms with Gasteiger partial charge in [-0.2, -0.15) is 5.26 Å². The Kier molecular flexibility index (Phi) is 7.27. The maximum atomic E-state index is 12.8. The number of hydrogen-bond donors (Lipinski definition) is 0. The number of amides is 2. The molecule has 1 aliphatic heterocycles. The first-order valence-corrected chi connectivity index (χ1v) is 9.57. The van der Waals surface area contributed by atoms with Crippen molar-refractivity contribution in [1.82, 2.24) is 9.80 Å². The minimum Gasteiger partial charge on any atom is -0.448 e. The van der Waals surface area contributed by atoms with Crippen molar-refractivity contribution in [2.45, 2.75) is 45.4 Å². The fourth-order valence-electron chi connectivity index (χ4n) is 3.00. The molecule has 0 spiro atoms. The molecule has 0 radical (unpaired) electrons. The number of carbonyl (C=O) groups excluding carboxylic acids is 3. The molecule has 2 amide bonds. The van der Waals surface area contributed by atoms with Crippen molar-refractivity contribution in [2.75, 3.05) is 26.2 Å². The molecule has 0 aromatic heterocycles. The number of carbonyl (C=O) groups is 3. The summed E-state index contributed by atoms with van der Waals surface area (Å²) in [5, 5.41) is 8.73. The van der Waals surface area contributed by atoms with Crippen LogP contribution in [0.15, 0.2) is 30.3 Å². The van der Waals surface area contributed by atoms with Gasteiger partial charge in [-0.3, -0.25) is 4.90 Å². The summed E-state index contributed by atoms with van der Waals surface area (Å²) in [6.45, 7) is 6.33. The Bertz CT molecular complexity index is 814. The third-order valence-corrected chi connectivity index (χ3v) is 4.47. The van der Waals surface area contributed by atoms with E-state index in [1.807, 2.05) is 30.3 Å². The van der Waals surface area contributed by atoms with Gasteiger partial charge in [-0.25, -0.2) is 14.4 Å². The van der Waals surface area contributed by atoms with E-state index in [1.165, 1.54) is 16.7 Å². The lowest BCUT2D eigenvalue weighted by atomic mass is 9.97. The van der Waals surface area contributed by atoms with Crippen LogP contribution in [0.25, 0.3) is 0 Å². The van der Waals surface area contributed by atoms with E-state index in [-0.39, 0.29) is 26.2 Å². The van der Waals surface area contributed by atoms with Gasteiger partial charge in [0.05, 0.1) is 6.54 Å². The molecule has 1 heterocycles. The summed E-state index contributed by atoms with van der Waals surface area (Å²) in [5.41, 5.74) is -1.44. The van der Waals surface area contributed by atoms with Crippen molar-refractivity contribution in [2.24, 2.45) is 0 Å². The van der Waals surface area contributed by atoms with Gasteiger partial charge in [0, 0.05) is 13.1 Å². The molecule has 9 heteroatoms. The zero-order chi connectivity index (χ0) is 22.4. The van der Waals surface area contributed by atoms with Crippen molar-refractivity contribution in [3.8, 4) is 6.07 Å². The topological polar surface area (TPSA) is 109 Å². The molecular weight excluding hydrogens is 390 g/mol. The van der Waals surface area contributed by atoms with Crippen molar-refractivity contribution in [3.05, 3.63) is 35.9 Å². The zero-order valence-corrected chi connectivity index (χ0v) is 17.7. The molecule has 0 aliphatic carbocycles. The minimum atomic E-state index is -1.53.